The van der Waals surface area contributed by atoms with Gasteiger partial charge in [0, 0.05) is 19.4 Å². The maximum Gasteiger partial charge on any atom is 0.0858 e. The first-order chi connectivity index (χ1) is 5.24. The molecular weight excluding hydrogens is 138 g/mol. The first-order valence-corrected chi connectivity index (χ1v) is 3.83. The Labute approximate surface area is 67.9 Å². The van der Waals surface area contributed by atoms with E-state index in [-0.39, 0.29) is 0 Å². The van der Waals surface area contributed by atoms with Gasteiger partial charge in [0.05, 0.1) is 6.61 Å². The van der Waals surface area contributed by atoms with Crippen LogP contribution in [-0.4, -0.2) is 20.3 Å². The van der Waals surface area contributed by atoms with Gasteiger partial charge in [0.2, 0.25) is 0 Å². The number of hydrogen-bond donors (Lipinski definition) is 1. The number of ether oxygens (including phenoxy) is 1. The Bertz CT molecular complexity index is 200. The smallest absolute Gasteiger partial charge is 0.0858 e. The molecule has 2 heteroatoms. The van der Waals surface area contributed by atoms with Gasteiger partial charge < -0.3 is 10.1 Å². The molecule has 11 heavy (non-hydrogen) atoms. The van der Waals surface area contributed by atoms with Crippen LogP contribution in [0.2, 0.25) is 0 Å². The summed E-state index contributed by atoms with van der Waals surface area (Å²) in [4.78, 5) is 0. The Balaban J connectivity index is 2.64. The zero-order valence-electron chi connectivity index (χ0n) is 7.40. The molecular formula is C9H15NO. The third kappa shape index (κ3) is 2.09. The third-order valence-corrected chi connectivity index (χ3v) is 1.94. The van der Waals surface area contributed by atoms with Crippen LogP contribution in [0, 0.1) is 0 Å². The lowest BCUT2D eigenvalue weighted by molar-refractivity contribution is 0.220. The van der Waals surface area contributed by atoms with Crippen molar-refractivity contribution in [2.24, 2.45) is 0 Å². The second kappa shape index (κ2) is 3.58. The molecule has 1 aliphatic heterocycles. The molecule has 0 amide bonds. The van der Waals surface area contributed by atoms with Crippen molar-refractivity contribution in [1.29, 1.82) is 0 Å². The predicted molar refractivity (Wildman–Crippen MR) is 46.3 cm³/mol. The molecule has 0 radical (unpaired) electrons. The molecule has 0 fully saturated rings. The molecule has 0 aromatic heterocycles. The van der Waals surface area contributed by atoms with E-state index in [1.165, 1.54) is 16.8 Å². The molecule has 0 spiro atoms. The summed E-state index contributed by atoms with van der Waals surface area (Å²) < 4.78 is 5.01. The number of dihydropyridines is 1. The number of methoxy groups -OCH3 is 1. The van der Waals surface area contributed by atoms with Gasteiger partial charge >= 0.3 is 0 Å². The minimum absolute atomic E-state index is 0.685. The van der Waals surface area contributed by atoms with Crippen molar-refractivity contribution in [3.05, 3.63) is 22.9 Å². The molecule has 0 bridgehead atoms. The fraction of sp³-hybridized carbons (Fsp3) is 0.556. The van der Waals surface area contributed by atoms with Gasteiger partial charge in [0.1, 0.15) is 0 Å². The molecule has 0 aliphatic carbocycles. The summed E-state index contributed by atoms with van der Waals surface area (Å²) in [5.74, 6) is 0. The summed E-state index contributed by atoms with van der Waals surface area (Å²) in [7, 11) is 1.71. The van der Waals surface area contributed by atoms with Crippen LogP contribution in [0.5, 0.6) is 0 Å². The van der Waals surface area contributed by atoms with Crippen molar-refractivity contribution in [3.8, 4) is 0 Å². The largest absolute Gasteiger partial charge is 0.383 e. The van der Waals surface area contributed by atoms with E-state index in [1.807, 2.05) is 0 Å². The van der Waals surface area contributed by atoms with E-state index in [4.69, 9.17) is 4.74 Å². The molecule has 1 heterocycles. The average Bonchev–Trinajstić information content (AvgIpc) is 1.98. The van der Waals surface area contributed by atoms with Crippen LogP contribution in [0.1, 0.15) is 13.8 Å². The maximum absolute atomic E-state index is 5.01. The second-order valence-electron chi connectivity index (χ2n) is 2.92. The van der Waals surface area contributed by atoms with Gasteiger partial charge in [-0.3, -0.25) is 0 Å². The number of nitrogens with one attached hydrogen (secondary N) is 1. The summed E-state index contributed by atoms with van der Waals surface area (Å²) in [6.07, 6.45) is 2.14. The summed E-state index contributed by atoms with van der Waals surface area (Å²) in [5.41, 5.74) is 3.94. The van der Waals surface area contributed by atoms with Gasteiger partial charge in [-0.1, -0.05) is 5.57 Å². The standard InChI is InChI=1S/C9H15NO/c1-7-4-9(6-11-3)10-5-8(7)2/h4,10H,5-6H2,1-3H3. The van der Waals surface area contributed by atoms with Crippen LogP contribution in [0.4, 0.5) is 0 Å². The average molecular weight is 153 g/mol. The highest BCUT2D eigenvalue weighted by Crippen LogP contribution is 2.11. The molecule has 62 valence electrons. The highest BCUT2D eigenvalue weighted by molar-refractivity contribution is 5.31. The minimum atomic E-state index is 0.685. The third-order valence-electron chi connectivity index (χ3n) is 1.94. The molecule has 0 saturated heterocycles. The summed E-state index contributed by atoms with van der Waals surface area (Å²) in [6, 6.07) is 0. The van der Waals surface area contributed by atoms with E-state index in [1.54, 1.807) is 7.11 Å². The van der Waals surface area contributed by atoms with Crippen LogP contribution in [0.25, 0.3) is 0 Å². The lowest BCUT2D eigenvalue weighted by atomic mass is 10.1. The number of rotatable bonds is 2. The van der Waals surface area contributed by atoms with Gasteiger partial charge in [0.15, 0.2) is 0 Å². The van der Waals surface area contributed by atoms with Crippen LogP contribution < -0.4 is 5.32 Å². The Morgan fingerprint density at radius 3 is 2.82 bits per heavy atom. The zero-order valence-corrected chi connectivity index (χ0v) is 7.40. The van der Waals surface area contributed by atoms with Gasteiger partial charge in [-0.2, -0.15) is 0 Å². The van der Waals surface area contributed by atoms with Gasteiger partial charge in [-0.25, -0.2) is 0 Å². The lowest BCUT2D eigenvalue weighted by Gasteiger charge is -2.17. The monoisotopic (exact) mass is 153 g/mol. The van der Waals surface area contributed by atoms with Crippen LogP contribution >= 0.6 is 0 Å². The van der Waals surface area contributed by atoms with Crippen molar-refractivity contribution in [2.45, 2.75) is 13.8 Å². The zero-order chi connectivity index (χ0) is 8.27. The molecule has 1 rings (SSSR count). The molecule has 1 N–H and O–H groups in total. The molecule has 0 unspecified atom stereocenters. The van der Waals surface area contributed by atoms with Crippen LogP contribution in [0.15, 0.2) is 22.9 Å². The van der Waals surface area contributed by atoms with E-state index in [2.05, 4.69) is 25.2 Å². The molecule has 0 saturated carbocycles. The summed E-state index contributed by atoms with van der Waals surface area (Å²) >= 11 is 0. The van der Waals surface area contributed by atoms with E-state index in [0.717, 1.165) is 6.54 Å². The summed E-state index contributed by atoms with van der Waals surface area (Å²) in [5, 5.41) is 3.28. The first-order valence-electron chi connectivity index (χ1n) is 3.83. The van der Waals surface area contributed by atoms with Crippen LogP contribution in [-0.2, 0) is 4.74 Å². The van der Waals surface area contributed by atoms with Crippen molar-refractivity contribution >= 4 is 0 Å². The molecule has 0 atom stereocenters. The topological polar surface area (TPSA) is 21.3 Å². The lowest BCUT2D eigenvalue weighted by Crippen LogP contribution is -2.22. The van der Waals surface area contributed by atoms with Crippen LogP contribution in [0.3, 0.4) is 0 Å². The molecule has 0 aromatic rings. The normalized spacial score (nSPS) is 17.9. The Morgan fingerprint density at radius 2 is 2.27 bits per heavy atom. The van der Waals surface area contributed by atoms with Crippen molar-refractivity contribution in [2.75, 3.05) is 20.3 Å². The second-order valence-corrected chi connectivity index (χ2v) is 2.92. The van der Waals surface area contributed by atoms with Gasteiger partial charge in [-0.05, 0) is 25.5 Å². The van der Waals surface area contributed by atoms with E-state index in [0.29, 0.717) is 6.61 Å². The summed E-state index contributed by atoms with van der Waals surface area (Å²) in [6.45, 7) is 5.92. The number of hydrogen-bond acceptors (Lipinski definition) is 2. The molecule has 0 aromatic carbocycles. The highest BCUT2D eigenvalue weighted by Gasteiger charge is 2.04. The quantitative estimate of drug-likeness (QED) is 0.648. The Hall–Kier alpha value is -0.760. The number of allylic oxidation sites excluding steroid dienone is 2. The van der Waals surface area contributed by atoms with Crippen molar-refractivity contribution < 1.29 is 4.74 Å². The molecule has 1 aliphatic rings. The van der Waals surface area contributed by atoms with Crippen molar-refractivity contribution in [1.82, 2.24) is 5.32 Å². The highest BCUT2D eigenvalue weighted by atomic mass is 16.5. The van der Waals surface area contributed by atoms with E-state index in [9.17, 15) is 0 Å². The van der Waals surface area contributed by atoms with Crippen molar-refractivity contribution in [3.63, 3.8) is 0 Å². The minimum Gasteiger partial charge on any atom is -0.383 e. The van der Waals surface area contributed by atoms with Gasteiger partial charge in [-0.15, -0.1) is 0 Å². The SMILES string of the molecule is COCC1=CC(C)=C(C)CN1. The van der Waals surface area contributed by atoms with E-state index < -0.39 is 0 Å². The Kier molecular flexibility index (Phi) is 2.71. The van der Waals surface area contributed by atoms with Gasteiger partial charge in [0.25, 0.3) is 0 Å². The first kappa shape index (κ1) is 8.34. The molecule has 2 nitrogen and oxygen atoms in total. The fourth-order valence-corrected chi connectivity index (χ4v) is 1.07. The fourth-order valence-electron chi connectivity index (χ4n) is 1.07. The van der Waals surface area contributed by atoms with E-state index >= 15 is 0 Å². The predicted octanol–water partition coefficient (Wildman–Crippen LogP) is 1.46. The Morgan fingerprint density at radius 1 is 1.55 bits per heavy atom. The maximum atomic E-state index is 5.01.